The van der Waals surface area contributed by atoms with Gasteiger partial charge in [-0.05, 0) is 24.3 Å². The van der Waals surface area contributed by atoms with Crippen LogP contribution in [-0.2, 0) is 0 Å². The van der Waals surface area contributed by atoms with E-state index in [0.29, 0.717) is 15.9 Å². The third-order valence-corrected chi connectivity index (χ3v) is 2.25. The van der Waals surface area contributed by atoms with E-state index in [0.717, 1.165) is 0 Å². The summed E-state index contributed by atoms with van der Waals surface area (Å²) in [7, 11) is 0. The first kappa shape index (κ1) is 9.34. The molecule has 1 aromatic heterocycles. The topological polar surface area (TPSA) is 12.9 Å². The number of alkyl halides is 2. The van der Waals surface area contributed by atoms with Gasteiger partial charge in [-0.2, -0.15) is 0 Å². The van der Waals surface area contributed by atoms with Crippen LogP contribution < -0.4 is 0 Å². The van der Waals surface area contributed by atoms with Crippen molar-refractivity contribution in [2.45, 2.75) is 6.43 Å². The molecule has 0 N–H and O–H groups in total. The molecule has 72 valence electrons. The lowest BCUT2D eigenvalue weighted by Crippen LogP contribution is -1.90. The molecule has 0 aliphatic rings. The van der Waals surface area contributed by atoms with E-state index in [1.165, 1.54) is 6.07 Å². The van der Waals surface area contributed by atoms with Gasteiger partial charge in [0.25, 0.3) is 6.43 Å². The van der Waals surface area contributed by atoms with E-state index in [2.05, 4.69) is 4.98 Å². The van der Waals surface area contributed by atoms with E-state index in [1.54, 1.807) is 24.3 Å². The summed E-state index contributed by atoms with van der Waals surface area (Å²) < 4.78 is 24.6. The van der Waals surface area contributed by atoms with Crippen molar-refractivity contribution in [3.8, 4) is 0 Å². The number of hydrogen-bond donors (Lipinski definition) is 0. The zero-order valence-corrected chi connectivity index (χ0v) is 7.80. The minimum Gasteiger partial charge on any atom is -0.247 e. The van der Waals surface area contributed by atoms with Crippen molar-refractivity contribution in [2.24, 2.45) is 0 Å². The van der Waals surface area contributed by atoms with Gasteiger partial charge in [0.15, 0.2) is 0 Å². The van der Waals surface area contributed by atoms with E-state index in [1.807, 2.05) is 0 Å². The Hall–Kier alpha value is -1.22. The van der Waals surface area contributed by atoms with Crippen molar-refractivity contribution in [3.05, 3.63) is 41.0 Å². The zero-order valence-electron chi connectivity index (χ0n) is 7.05. The van der Waals surface area contributed by atoms with Crippen LogP contribution in [-0.4, -0.2) is 4.98 Å². The third kappa shape index (κ3) is 1.55. The fourth-order valence-corrected chi connectivity index (χ4v) is 1.49. The Labute approximate surface area is 84.3 Å². The van der Waals surface area contributed by atoms with Crippen molar-refractivity contribution < 1.29 is 8.78 Å². The van der Waals surface area contributed by atoms with E-state index >= 15 is 0 Å². The van der Waals surface area contributed by atoms with Crippen LogP contribution in [0.2, 0.25) is 5.02 Å². The van der Waals surface area contributed by atoms with Crippen molar-refractivity contribution in [3.63, 3.8) is 0 Å². The highest BCUT2D eigenvalue weighted by atomic mass is 35.5. The molecule has 0 aliphatic heterocycles. The Kier molecular flexibility index (Phi) is 2.33. The second kappa shape index (κ2) is 3.50. The van der Waals surface area contributed by atoms with Crippen LogP contribution >= 0.6 is 11.6 Å². The van der Waals surface area contributed by atoms with Gasteiger partial charge in [-0.15, -0.1) is 0 Å². The SMILES string of the molecule is FC(F)c1ccc2c(Cl)cccc2n1. The Balaban J connectivity index is 2.67. The molecule has 0 unspecified atom stereocenters. The molecule has 0 saturated carbocycles. The van der Waals surface area contributed by atoms with Gasteiger partial charge in [-0.1, -0.05) is 17.7 Å². The summed E-state index contributed by atoms with van der Waals surface area (Å²) in [6.07, 6.45) is -2.54. The molecule has 2 rings (SSSR count). The van der Waals surface area contributed by atoms with Crippen LogP contribution in [0.4, 0.5) is 8.78 Å². The van der Waals surface area contributed by atoms with Gasteiger partial charge in [0.1, 0.15) is 5.69 Å². The molecule has 0 atom stereocenters. The summed E-state index contributed by atoms with van der Waals surface area (Å²) in [5.41, 5.74) is 0.273. The average molecular weight is 214 g/mol. The maximum Gasteiger partial charge on any atom is 0.280 e. The van der Waals surface area contributed by atoms with Gasteiger partial charge >= 0.3 is 0 Å². The summed E-state index contributed by atoms with van der Waals surface area (Å²) in [4.78, 5) is 3.80. The Bertz CT molecular complexity index is 471. The van der Waals surface area contributed by atoms with Gasteiger partial charge in [-0.25, -0.2) is 13.8 Å². The molecule has 2 aromatic rings. The summed E-state index contributed by atoms with van der Waals surface area (Å²) in [6, 6.07) is 7.90. The Morgan fingerprint density at radius 1 is 1.14 bits per heavy atom. The Morgan fingerprint density at radius 2 is 1.93 bits per heavy atom. The summed E-state index contributed by atoms with van der Waals surface area (Å²) in [5.74, 6) is 0. The molecule has 1 aromatic carbocycles. The molecule has 1 heterocycles. The van der Waals surface area contributed by atoms with Crippen LogP contribution in [0, 0.1) is 0 Å². The lowest BCUT2D eigenvalue weighted by Gasteiger charge is -2.02. The third-order valence-electron chi connectivity index (χ3n) is 1.92. The molecule has 0 aliphatic carbocycles. The highest BCUT2D eigenvalue weighted by Gasteiger charge is 2.09. The van der Waals surface area contributed by atoms with Gasteiger partial charge < -0.3 is 0 Å². The number of pyridine rings is 1. The van der Waals surface area contributed by atoms with Crippen LogP contribution in [0.25, 0.3) is 10.9 Å². The number of rotatable bonds is 1. The van der Waals surface area contributed by atoms with Crippen LogP contribution in [0.3, 0.4) is 0 Å². The molecule has 4 heteroatoms. The predicted molar refractivity (Wildman–Crippen MR) is 51.7 cm³/mol. The minimum absolute atomic E-state index is 0.222. The van der Waals surface area contributed by atoms with Gasteiger partial charge in [0.05, 0.1) is 5.52 Å². The van der Waals surface area contributed by atoms with E-state index in [-0.39, 0.29) is 5.69 Å². The predicted octanol–water partition coefficient (Wildman–Crippen LogP) is 3.83. The van der Waals surface area contributed by atoms with Crippen LogP contribution in [0.5, 0.6) is 0 Å². The van der Waals surface area contributed by atoms with E-state index in [9.17, 15) is 8.78 Å². The Morgan fingerprint density at radius 3 is 2.64 bits per heavy atom. The molecule has 0 bridgehead atoms. The van der Waals surface area contributed by atoms with Crippen LogP contribution in [0.1, 0.15) is 12.1 Å². The average Bonchev–Trinajstić information content (AvgIpc) is 2.17. The summed E-state index contributed by atoms with van der Waals surface area (Å²) >= 11 is 5.86. The normalized spacial score (nSPS) is 11.1. The molecular weight excluding hydrogens is 208 g/mol. The zero-order chi connectivity index (χ0) is 10.1. The highest BCUT2D eigenvalue weighted by Crippen LogP contribution is 2.24. The first-order valence-electron chi connectivity index (χ1n) is 4.02. The van der Waals surface area contributed by atoms with E-state index < -0.39 is 6.43 Å². The fourth-order valence-electron chi connectivity index (χ4n) is 1.25. The smallest absolute Gasteiger partial charge is 0.247 e. The molecule has 0 radical (unpaired) electrons. The number of aromatic nitrogens is 1. The lowest BCUT2D eigenvalue weighted by atomic mass is 10.2. The van der Waals surface area contributed by atoms with Crippen molar-refractivity contribution in [2.75, 3.05) is 0 Å². The monoisotopic (exact) mass is 213 g/mol. The number of nitrogens with zero attached hydrogens (tertiary/aromatic N) is 1. The fraction of sp³-hybridized carbons (Fsp3) is 0.100. The van der Waals surface area contributed by atoms with Crippen molar-refractivity contribution in [1.29, 1.82) is 0 Å². The summed E-state index contributed by atoms with van der Waals surface area (Å²) in [6.45, 7) is 0. The van der Waals surface area contributed by atoms with Gasteiger partial charge in [-0.3, -0.25) is 0 Å². The molecule has 0 fully saturated rings. The molecule has 0 spiro atoms. The standard InChI is InChI=1S/C10H6ClF2N/c11-7-2-1-3-8-6(7)4-5-9(14-8)10(12)13/h1-5,10H. The van der Waals surface area contributed by atoms with Crippen molar-refractivity contribution >= 4 is 22.5 Å². The van der Waals surface area contributed by atoms with Gasteiger partial charge in [0, 0.05) is 10.4 Å². The first-order valence-corrected chi connectivity index (χ1v) is 4.39. The lowest BCUT2D eigenvalue weighted by molar-refractivity contribution is 0.146. The highest BCUT2D eigenvalue weighted by molar-refractivity contribution is 6.35. The van der Waals surface area contributed by atoms with E-state index in [4.69, 9.17) is 11.6 Å². The molecule has 14 heavy (non-hydrogen) atoms. The molecule has 0 saturated heterocycles. The quantitative estimate of drug-likeness (QED) is 0.702. The molecule has 1 nitrogen and oxygen atoms in total. The number of halogens is 3. The number of fused-ring (bicyclic) bond motifs is 1. The second-order valence-electron chi connectivity index (χ2n) is 2.84. The molecule has 0 amide bonds. The first-order chi connectivity index (χ1) is 6.68. The number of benzene rings is 1. The maximum absolute atomic E-state index is 12.3. The van der Waals surface area contributed by atoms with Crippen LogP contribution in [0.15, 0.2) is 30.3 Å². The summed E-state index contributed by atoms with van der Waals surface area (Å²) in [5, 5.41) is 1.22. The maximum atomic E-state index is 12.3. The minimum atomic E-state index is -2.54. The second-order valence-corrected chi connectivity index (χ2v) is 3.25. The largest absolute Gasteiger partial charge is 0.280 e. The van der Waals surface area contributed by atoms with Gasteiger partial charge in [0.2, 0.25) is 0 Å². The van der Waals surface area contributed by atoms with Crippen molar-refractivity contribution in [1.82, 2.24) is 4.98 Å². The number of hydrogen-bond acceptors (Lipinski definition) is 1. The molecular formula is C10H6ClF2N.